The molecule has 0 fully saturated rings. The maximum atomic E-state index is 12.1. The van der Waals surface area contributed by atoms with Gasteiger partial charge in [-0.05, 0) is 37.2 Å². The Kier molecular flexibility index (Phi) is 5.62. The lowest BCUT2D eigenvalue weighted by Crippen LogP contribution is -2.34. The van der Waals surface area contributed by atoms with Crippen LogP contribution in [0.2, 0.25) is 0 Å². The summed E-state index contributed by atoms with van der Waals surface area (Å²) in [5, 5.41) is 3.18. The van der Waals surface area contributed by atoms with E-state index in [-0.39, 0.29) is 11.8 Å². The maximum Gasteiger partial charge on any atom is 0.179 e. The molecule has 0 aliphatic heterocycles. The zero-order chi connectivity index (χ0) is 12.9. The van der Waals surface area contributed by atoms with Gasteiger partial charge in [0.05, 0.1) is 10.6 Å². The Morgan fingerprint density at radius 3 is 2.29 bits per heavy atom. The number of nitrogens with one attached hydrogen (secondary N) is 1. The molecule has 1 N–H and O–H groups in total. The fraction of sp³-hybridized carbons (Fsp3) is 0.500. The molecule has 3 nitrogen and oxygen atoms in total. The lowest BCUT2D eigenvalue weighted by atomic mass is 10.2. The van der Waals surface area contributed by atoms with Gasteiger partial charge < -0.3 is 5.32 Å². The molecule has 0 saturated heterocycles. The van der Waals surface area contributed by atoms with E-state index in [2.05, 4.69) is 21.2 Å². The lowest BCUT2D eigenvalue weighted by Gasteiger charge is -2.15. The molecule has 0 bridgehead atoms. The summed E-state index contributed by atoms with van der Waals surface area (Å²) < 4.78 is 25.1. The van der Waals surface area contributed by atoms with Gasteiger partial charge in [-0.1, -0.05) is 29.8 Å². The number of rotatable bonds is 6. The van der Waals surface area contributed by atoms with Crippen molar-refractivity contribution in [1.29, 1.82) is 0 Å². The molecule has 0 heterocycles. The normalized spacial score (nSPS) is 13.6. The van der Waals surface area contributed by atoms with Gasteiger partial charge in [0.1, 0.15) is 0 Å². The highest BCUT2D eigenvalue weighted by molar-refractivity contribution is 9.10. The van der Waals surface area contributed by atoms with E-state index in [1.165, 1.54) is 0 Å². The van der Waals surface area contributed by atoms with Crippen LogP contribution in [-0.4, -0.2) is 26.8 Å². The Hall–Kier alpha value is -0.390. The first-order valence-corrected chi connectivity index (χ1v) is 8.15. The van der Waals surface area contributed by atoms with Gasteiger partial charge in [-0.2, -0.15) is 0 Å². The van der Waals surface area contributed by atoms with Gasteiger partial charge >= 0.3 is 0 Å². The minimum atomic E-state index is -3.19. The predicted octanol–water partition coefficient (Wildman–Crippen LogP) is 2.61. The van der Waals surface area contributed by atoms with Gasteiger partial charge in [0.15, 0.2) is 9.84 Å². The van der Waals surface area contributed by atoms with Crippen LogP contribution in [0.5, 0.6) is 0 Å². The van der Waals surface area contributed by atoms with E-state index >= 15 is 0 Å². The van der Waals surface area contributed by atoms with Crippen LogP contribution in [0.1, 0.15) is 20.3 Å². The molecule has 0 amide bonds. The van der Waals surface area contributed by atoms with Gasteiger partial charge in [0.2, 0.25) is 0 Å². The van der Waals surface area contributed by atoms with Gasteiger partial charge in [-0.3, -0.25) is 0 Å². The Morgan fingerprint density at radius 2 is 1.82 bits per heavy atom. The zero-order valence-electron chi connectivity index (χ0n) is 10.1. The van der Waals surface area contributed by atoms with Gasteiger partial charge in [-0.25, -0.2) is 8.42 Å². The number of halogens is 1. The van der Waals surface area contributed by atoms with Crippen molar-refractivity contribution in [3.8, 4) is 0 Å². The summed E-state index contributed by atoms with van der Waals surface area (Å²) in [6.07, 6.45) is 0.809. The Bertz CT molecular complexity index is 442. The van der Waals surface area contributed by atoms with Gasteiger partial charge in [-0.15, -0.1) is 0 Å². The Labute approximate surface area is 112 Å². The van der Waals surface area contributed by atoms with Crippen LogP contribution in [0.15, 0.2) is 33.6 Å². The standard InChI is InChI=1S/C12H18BrNO2S/c1-3-11(14-4-2)9-17(15,16)12-7-5-10(13)6-8-12/h5-8,11,14H,3-4,9H2,1-2H3. The average Bonchev–Trinajstić information content (AvgIpc) is 2.28. The highest BCUT2D eigenvalue weighted by Crippen LogP contribution is 2.17. The maximum absolute atomic E-state index is 12.1. The lowest BCUT2D eigenvalue weighted by molar-refractivity contribution is 0.533. The molecule has 1 atom stereocenters. The van der Waals surface area contributed by atoms with Crippen molar-refractivity contribution in [3.63, 3.8) is 0 Å². The van der Waals surface area contributed by atoms with Crippen molar-refractivity contribution in [2.75, 3.05) is 12.3 Å². The van der Waals surface area contributed by atoms with E-state index in [0.717, 1.165) is 17.4 Å². The summed E-state index contributed by atoms with van der Waals surface area (Å²) in [4.78, 5) is 0.386. The summed E-state index contributed by atoms with van der Waals surface area (Å²) in [6, 6.07) is 6.80. The zero-order valence-corrected chi connectivity index (χ0v) is 12.5. The average molecular weight is 320 g/mol. The topological polar surface area (TPSA) is 46.2 Å². The molecule has 1 aromatic rings. The van der Waals surface area contributed by atoms with Crippen LogP contribution < -0.4 is 5.32 Å². The molecule has 0 aromatic heterocycles. The molecule has 17 heavy (non-hydrogen) atoms. The highest BCUT2D eigenvalue weighted by atomic mass is 79.9. The minimum absolute atomic E-state index is 0.0219. The molecule has 1 rings (SSSR count). The fourth-order valence-corrected chi connectivity index (χ4v) is 3.50. The first-order valence-electron chi connectivity index (χ1n) is 5.71. The first kappa shape index (κ1) is 14.7. The van der Waals surface area contributed by atoms with Crippen LogP contribution in [-0.2, 0) is 9.84 Å². The van der Waals surface area contributed by atoms with Crippen molar-refractivity contribution >= 4 is 25.8 Å². The smallest absolute Gasteiger partial charge is 0.179 e. The third-order valence-corrected chi connectivity index (χ3v) is 4.94. The molecule has 1 unspecified atom stereocenters. The van der Waals surface area contributed by atoms with Crippen molar-refractivity contribution in [3.05, 3.63) is 28.7 Å². The van der Waals surface area contributed by atoms with Crippen LogP contribution in [0.25, 0.3) is 0 Å². The number of hydrogen-bond donors (Lipinski definition) is 1. The molecule has 1 aromatic carbocycles. The van der Waals surface area contributed by atoms with Crippen molar-refractivity contribution < 1.29 is 8.42 Å². The van der Waals surface area contributed by atoms with E-state index < -0.39 is 9.84 Å². The summed E-state index contributed by atoms with van der Waals surface area (Å²) >= 11 is 3.29. The van der Waals surface area contributed by atoms with E-state index in [1.807, 2.05) is 13.8 Å². The van der Waals surface area contributed by atoms with Crippen LogP contribution >= 0.6 is 15.9 Å². The first-order chi connectivity index (χ1) is 7.99. The second-order valence-corrected chi connectivity index (χ2v) is 6.85. The fourth-order valence-electron chi connectivity index (χ4n) is 1.61. The van der Waals surface area contributed by atoms with E-state index in [1.54, 1.807) is 24.3 Å². The van der Waals surface area contributed by atoms with Crippen LogP contribution in [0.4, 0.5) is 0 Å². The van der Waals surface area contributed by atoms with Crippen LogP contribution in [0.3, 0.4) is 0 Å². The minimum Gasteiger partial charge on any atom is -0.313 e. The Morgan fingerprint density at radius 1 is 1.24 bits per heavy atom. The quantitative estimate of drug-likeness (QED) is 0.876. The predicted molar refractivity (Wildman–Crippen MR) is 74.0 cm³/mol. The summed E-state index contributed by atoms with van der Waals surface area (Å²) in [5.41, 5.74) is 0. The molecular weight excluding hydrogens is 302 g/mol. The van der Waals surface area contributed by atoms with E-state index in [0.29, 0.717) is 4.90 Å². The Balaban J connectivity index is 2.84. The molecule has 5 heteroatoms. The number of benzene rings is 1. The number of hydrogen-bond acceptors (Lipinski definition) is 3. The third kappa shape index (κ3) is 4.41. The van der Waals surface area contributed by atoms with Gasteiger partial charge in [0.25, 0.3) is 0 Å². The molecule has 0 radical (unpaired) electrons. The van der Waals surface area contributed by atoms with E-state index in [4.69, 9.17) is 0 Å². The number of sulfone groups is 1. The van der Waals surface area contributed by atoms with E-state index in [9.17, 15) is 8.42 Å². The van der Waals surface area contributed by atoms with Gasteiger partial charge in [0, 0.05) is 10.5 Å². The highest BCUT2D eigenvalue weighted by Gasteiger charge is 2.19. The molecule has 0 saturated carbocycles. The van der Waals surface area contributed by atoms with Crippen molar-refractivity contribution in [1.82, 2.24) is 5.32 Å². The molecule has 0 aliphatic carbocycles. The van der Waals surface area contributed by atoms with Crippen LogP contribution in [0, 0.1) is 0 Å². The molecule has 96 valence electrons. The monoisotopic (exact) mass is 319 g/mol. The van der Waals surface area contributed by atoms with Crippen molar-refractivity contribution in [2.45, 2.75) is 31.2 Å². The summed E-state index contributed by atoms with van der Waals surface area (Å²) in [7, 11) is -3.19. The molecular formula is C12H18BrNO2S. The largest absolute Gasteiger partial charge is 0.313 e. The second-order valence-electron chi connectivity index (χ2n) is 3.90. The SMILES string of the molecule is CCNC(CC)CS(=O)(=O)c1ccc(Br)cc1. The molecule has 0 aliphatic rings. The summed E-state index contributed by atoms with van der Waals surface area (Å²) in [6.45, 7) is 4.76. The third-order valence-electron chi connectivity index (χ3n) is 2.58. The summed E-state index contributed by atoms with van der Waals surface area (Å²) in [5.74, 6) is 0.152. The van der Waals surface area contributed by atoms with Crippen molar-refractivity contribution in [2.24, 2.45) is 0 Å². The molecule has 0 spiro atoms. The second kappa shape index (κ2) is 6.52.